The first-order valence-corrected chi connectivity index (χ1v) is 7.41. The van der Waals surface area contributed by atoms with Crippen molar-refractivity contribution in [1.29, 1.82) is 0 Å². The van der Waals surface area contributed by atoms with Gasteiger partial charge in [-0.25, -0.2) is 9.67 Å². The van der Waals surface area contributed by atoms with Gasteiger partial charge in [0.05, 0.1) is 23.3 Å². The lowest BCUT2D eigenvalue weighted by Crippen LogP contribution is -2.28. The molecule has 0 spiro atoms. The Bertz CT molecular complexity index is 731. The molecule has 2 aromatic rings. The van der Waals surface area contributed by atoms with Gasteiger partial charge in [-0.3, -0.25) is 4.79 Å². The molecule has 2 N–H and O–H groups in total. The lowest BCUT2D eigenvalue weighted by Gasteiger charge is -2.17. The fourth-order valence-corrected chi connectivity index (χ4v) is 2.85. The summed E-state index contributed by atoms with van der Waals surface area (Å²) >= 11 is 0. The van der Waals surface area contributed by atoms with Gasteiger partial charge in [0, 0.05) is 5.69 Å². The average Bonchev–Trinajstić information content (AvgIpc) is 3.17. The molecule has 2 atom stereocenters. The van der Waals surface area contributed by atoms with Crippen molar-refractivity contribution in [2.24, 2.45) is 5.92 Å². The highest BCUT2D eigenvalue weighted by Crippen LogP contribution is 2.35. The van der Waals surface area contributed by atoms with E-state index in [-0.39, 0.29) is 11.4 Å². The van der Waals surface area contributed by atoms with Crippen molar-refractivity contribution < 1.29 is 23.1 Å². The van der Waals surface area contributed by atoms with Gasteiger partial charge in [-0.05, 0) is 37.5 Å². The number of aromatic nitrogens is 3. The molecule has 1 aliphatic carbocycles. The number of amides is 1. The summed E-state index contributed by atoms with van der Waals surface area (Å²) < 4.78 is 40.9. The van der Waals surface area contributed by atoms with Crippen LogP contribution in [0.2, 0.25) is 0 Å². The molecule has 6 nitrogen and oxygen atoms in total. The maximum Gasteiger partial charge on any atom is 0.418 e. The summed E-state index contributed by atoms with van der Waals surface area (Å²) in [5, 5.41) is 15.9. The summed E-state index contributed by atoms with van der Waals surface area (Å²) in [6.45, 7) is 0. The molecule has 0 saturated heterocycles. The number of carbonyl (C=O) groups is 1. The third-order valence-electron chi connectivity index (χ3n) is 4.05. The van der Waals surface area contributed by atoms with Crippen LogP contribution in [0.5, 0.6) is 0 Å². The van der Waals surface area contributed by atoms with Crippen molar-refractivity contribution in [2.45, 2.75) is 31.5 Å². The van der Waals surface area contributed by atoms with E-state index >= 15 is 0 Å². The Morgan fingerprint density at radius 1 is 1.33 bits per heavy atom. The van der Waals surface area contributed by atoms with Crippen LogP contribution >= 0.6 is 0 Å². The second-order valence-electron chi connectivity index (χ2n) is 5.66. The van der Waals surface area contributed by atoms with Crippen molar-refractivity contribution in [3.8, 4) is 5.69 Å². The van der Waals surface area contributed by atoms with Gasteiger partial charge in [0.15, 0.2) is 0 Å². The minimum absolute atomic E-state index is 0.0234. The van der Waals surface area contributed by atoms with E-state index in [1.807, 2.05) is 0 Å². The zero-order chi connectivity index (χ0) is 17.3. The van der Waals surface area contributed by atoms with E-state index in [9.17, 15) is 23.1 Å². The Hall–Kier alpha value is -2.42. The summed E-state index contributed by atoms with van der Waals surface area (Å²) in [6.07, 6.45) is -1.29. The largest absolute Gasteiger partial charge is 0.418 e. The van der Waals surface area contributed by atoms with E-state index in [0.717, 1.165) is 29.8 Å². The summed E-state index contributed by atoms with van der Waals surface area (Å²) in [4.78, 5) is 15.8. The average molecular weight is 340 g/mol. The molecule has 1 aromatic heterocycles. The predicted octanol–water partition coefficient (Wildman–Crippen LogP) is 2.39. The van der Waals surface area contributed by atoms with Crippen LogP contribution in [0.3, 0.4) is 0 Å². The number of rotatable bonds is 3. The van der Waals surface area contributed by atoms with Crippen LogP contribution in [0, 0.1) is 5.92 Å². The third kappa shape index (κ3) is 3.25. The van der Waals surface area contributed by atoms with E-state index < -0.39 is 29.7 Å². The molecular formula is C15H15F3N4O2. The number of aliphatic hydroxyl groups is 1. The Kier molecular flexibility index (Phi) is 4.27. The van der Waals surface area contributed by atoms with E-state index in [1.54, 1.807) is 0 Å². The molecular weight excluding hydrogens is 325 g/mol. The highest BCUT2D eigenvalue weighted by molar-refractivity contribution is 5.93. The molecule has 1 fully saturated rings. The van der Waals surface area contributed by atoms with Gasteiger partial charge in [0.25, 0.3) is 0 Å². The highest BCUT2D eigenvalue weighted by atomic mass is 19.4. The lowest BCUT2D eigenvalue weighted by atomic mass is 10.0. The number of hydrogen-bond donors (Lipinski definition) is 2. The molecule has 9 heteroatoms. The Labute approximate surface area is 135 Å². The molecule has 1 aliphatic rings. The number of carbonyl (C=O) groups excluding carboxylic acids is 1. The van der Waals surface area contributed by atoms with Crippen LogP contribution in [0.4, 0.5) is 18.9 Å². The molecule has 0 bridgehead atoms. The molecule has 1 saturated carbocycles. The van der Waals surface area contributed by atoms with E-state index in [4.69, 9.17) is 0 Å². The summed E-state index contributed by atoms with van der Waals surface area (Å²) in [7, 11) is 0. The van der Waals surface area contributed by atoms with Crippen LogP contribution in [0.15, 0.2) is 30.9 Å². The first kappa shape index (κ1) is 16.4. The maximum atomic E-state index is 13.3. The Morgan fingerprint density at radius 2 is 2.12 bits per heavy atom. The molecule has 128 valence electrons. The molecule has 2 unspecified atom stereocenters. The monoisotopic (exact) mass is 340 g/mol. The van der Waals surface area contributed by atoms with Gasteiger partial charge in [0.1, 0.15) is 12.7 Å². The van der Waals surface area contributed by atoms with Gasteiger partial charge in [-0.2, -0.15) is 18.3 Å². The van der Waals surface area contributed by atoms with Crippen molar-refractivity contribution >= 4 is 11.6 Å². The van der Waals surface area contributed by atoms with Crippen LogP contribution in [0.1, 0.15) is 24.8 Å². The van der Waals surface area contributed by atoms with Gasteiger partial charge in [-0.15, -0.1) is 0 Å². The number of anilines is 1. The summed E-state index contributed by atoms with van der Waals surface area (Å²) in [5.41, 5.74) is -1.09. The number of benzene rings is 1. The zero-order valence-electron chi connectivity index (χ0n) is 12.5. The Morgan fingerprint density at radius 3 is 2.71 bits per heavy atom. The molecule has 3 rings (SSSR count). The molecule has 1 heterocycles. The smallest absolute Gasteiger partial charge is 0.392 e. The van der Waals surface area contributed by atoms with Crippen LogP contribution < -0.4 is 5.32 Å². The topological polar surface area (TPSA) is 80.0 Å². The van der Waals surface area contributed by atoms with Crippen LogP contribution in [0.25, 0.3) is 5.69 Å². The Balaban J connectivity index is 1.89. The first-order chi connectivity index (χ1) is 11.4. The number of aliphatic hydroxyl groups excluding tert-OH is 1. The fourth-order valence-electron chi connectivity index (χ4n) is 2.85. The lowest BCUT2D eigenvalue weighted by molar-refractivity contribution is -0.137. The number of nitrogens with zero attached hydrogens (tertiary/aromatic N) is 3. The number of nitrogens with one attached hydrogen (secondary N) is 1. The van der Waals surface area contributed by atoms with Gasteiger partial charge in [0.2, 0.25) is 5.91 Å². The second-order valence-corrected chi connectivity index (χ2v) is 5.66. The van der Waals surface area contributed by atoms with Gasteiger partial charge >= 0.3 is 6.18 Å². The van der Waals surface area contributed by atoms with Crippen LogP contribution in [-0.2, 0) is 11.0 Å². The number of alkyl halides is 3. The minimum atomic E-state index is -4.62. The maximum absolute atomic E-state index is 13.3. The SMILES string of the molecule is O=C(Nc1ccc(-n2cncn2)c(C(F)(F)F)c1)C1CCCC1O. The normalized spacial score (nSPS) is 21.0. The summed E-state index contributed by atoms with van der Waals surface area (Å²) in [6, 6.07) is 3.44. The van der Waals surface area contributed by atoms with Crippen molar-refractivity contribution in [3.63, 3.8) is 0 Å². The predicted molar refractivity (Wildman–Crippen MR) is 78.3 cm³/mol. The van der Waals surface area contributed by atoms with E-state index in [2.05, 4.69) is 15.4 Å². The molecule has 24 heavy (non-hydrogen) atoms. The van der Waals surface area contributed by atoms with Crippen molar-refractivity contribution in [1.82, 2.24) is 14.8 Å². The molecule has 0 radical (unpaired) electrons. The zero-order valence-corrected chi connectivity index (χ0v) is 12.5. The van der Waals surface area contributed by atoms with Crippen molar-refractivity contribution in [2.75, 3.05) is 5.32 Å². The van der Waals surface area contributed by atoms with E-state index in [0.29, 0.717) is 12.8 Å². The standard InChI is InChI=1S/C15H15F3N4O2/c16-15(17,18)11-6-9(4-5-12(11)22-8-19-7-20-22)21-14(24)10-2-1-3-13(10)23/h4-8,10,13,23H,1-3H2,(H,21,24). The third-order valence-corrected chi connectivity index (χ3v) is 4.05. The quantitative estimate of drug-likeness (QED) is 0.899. The number of hydrogen-bond acceptors (Lipinski definition) is 4. The summed E-state index contributed by atoms with van der Waals surface area (Å²) in [5.74, 6) is -1.06. The highest BCUT2D eigenvalue weighted by Gasteiger charge is 2.35. The minimum Gasteiger partial charge on any atom is -0.392 e. The first-order valence-electron chi connectivity index (χ1n) is 7.41. The second kappa shape index (κ2) is 6.23. The molecule has 1 aromatic carbocycles. The van der Waals surface area contributed by atoms with Crippen LogP contribution in [-0.4, -0.2) is 31.9 Å². The van der Waals surface area contributed by atoms with Gasteiger partial charge in [-0.1, -0.05) is 0 Å². The van der Waals surface area contributed by atoms with Crippen molar-refractivity contribution in [3.05, 3.63) is 36.4 Å². The fraction of sp³-hybridized carbons (Fsp3) is 0.400. The van der Waals surface area contributed by atoms with Gasteiger partial charge < -0.3 is 10.4 Å². The molecule has 1 amide bonds. The molecule has 0 aliphatic heterocycles. The van der Waals surface area contributed by atoms with E-state index in [1.165, 1.54) is 12.1 Å². The number of halogens is 3.